The number of aryl methyl sites for hydroxylation is 1. The Bertz CT molecular complexity index is 1600. The molecule has 0 saturated heterocycles. The summed E-state index contributed by atoms with van der Waals surface area (Å²) in [7, 11) is -1.78. The Labute approximate surface area is 219 Å². The average molecular weight is 540 g/mol. The number of para-hydroxylation sites is 1. The number of aromatic hydroxyl groups is 1. The first-order valence-electron chi connectivity index (χ1n) is 11.8. The minimum Gasteiger partial charge on any atom is -0.494 e. The number of hydrogen-bond acceptors (Lipinski definition) is 8. The summed E-state index contributed by atoms with van der Waals surface area (Å²) in [5, 5.41) is 10.9. The lowest BCUT2D eigenvalue weighted by Gasteiger charge is -2.21. The van der Waals surface area contributed by atoms with Crippen LogP contribution in [-0.4, -0.2) is 42.3 Å². The Morgan fingerprint density at radius 1 is 0.974 bits per heavy atom. The summed E-state index contributed by atoms with van der Waals surface area (Å²) in [6.07, 6.45) is 2.97. The summed E-state index contributed by atoms with van der Waals surface area (Å²) in [4.78, 5) is 20.2. The molecule has 0 unspecified atom stereocenters. The van der Waals surface area contributed by atoms with Gasteiger partial charge in [0.25, 0.3) is 5.56 Å². The maximum absolute atomic E-state index is 13.6. The highest BCUT2D eigenvalue weighted by Gasteiger charge is 2.32. The number of unbranched alkanes of at least 4 members (excludes halogenated alkanes) is 1. The Morgan fingerprint density at radius 2 is 1.61 bits per heavy atom. The normalized spacial score (nSPS) is 11.4. The molecule has 198 valence electrons. The van der Waals surface area contributed by atoms with Gasteiger partial charge >= 0.3 is 0 Å². The van der Waals surface area contributed by atoms with Gasteiger partial charge in [-0.05, 0) is 48.4 Å². The van der Waals surface area contributed by atoms with Gasteiger partial charge in [0, 0.05) is 18.2 Å². The maximum atomic E-state index is 13.6. The second kappa shape index (κ2) is 11.0. The van der Waals surface area contributed by atoms with Crippen molar-refractivity contribution in [3.8, 4) is 34.2 Å². The van der Waals surface area contributed by atoms with Gasteiger partial charge in [0.1, 0.15) is 28.8 Å². The van der Waals surface area contributed by atoms with Gasteiger partial charge in [-0.3, -0.25) is 9.36 Å². The molecule has 0 aliphatic rings. The molecule has 4 rings (SSSR count). The molecule has 4 aromatic rings. The lowest BCUT2D eigenvalue weighted by Crippen LogP contribution is -2.25. The lowest BCUT2D eigenvalue weighted by atomic mass is 10.1. The summed E-state index contributed by atoms with van der Waals surface area (Å²) in [5.74, 6) is -0.547. The molecular weight excluding hydrogens is 513 g/mol. The molecule has 0 radical (unpaired) electrons. The van der Waals surface area contributed by atoms with Gasteiger partial charge in [-0.2, -0.15) is 4.98 Å². The first kappa shape index (κ1) is 26.8. The summed E-state index contributed by atoms with van der Waals surface area (Å²) in [6.45, 7) is 1.95. The van der Waals surface area contributed by atoms with E-state index < -0.39 is 37.0 Å². The molecule has 0 fully saturated rings. The number of halogens is 1. The quantitative estimate of drug-likeness (QED) is 0.334. The molecule has 0 saturated carbocycles. The minimum atomic E-state index is -4.61. The molecule has 0 spiro atoms. The van der Waals surface area contributed by atoms with Crippen LogP contribution in [0.5, 0.6) is 17.4 Å². The van der Waals surface area contributed by atoms with Crippen LogP contribution in [0.25, 0.3) is 16.8 Å². The van der Waals surface area contributed by atoms with E-state index in [1.54, 1.807) is 18.2 Å². The number of benzene rings is 2. The number of hydrogen-bond donors (Lipinski definition) is 1. The summed E-state index contributed by atoms with van der Waals surface area (Å²) >= 11 is 0. The van der Waals surface area contributed by atoms with Crippen LogP contribution in [0.4, 0.5) is 4.39 Å². The summed E-state index contributed by atoms with van der Waals surface area (Å²) in [6, 6.07) is 13.2. The number of rotatable bonds is 9. The molecule has 1 N–H and O–H groups in total. The van der Waals surface area contributed by atoms with Crippen molar-refractivity contribution in [2.45, 2.75) is 36.1 Å². The van der Waals surface area contributed by atoms with Crippen LogP contribution >= 0.6 is 0 Å². The highest BCUT2D eigenvalue weighted by molar-refractivity contribution is 7.91. The zero-order valence-corrected chi connectivity index (χ0v) is 21.8. The molecule has 2 heterocycles. The van der Waals surface area contributed by atoms with Crippen LogP contribution in [0.1, 0.15) is 25.6 Å². The first-order valence-corrected chi connectivity index (χ1v) is 13.2. The van der Waals surface area contributed by atoms with Crippen LogP contribution < -0.4 is 15.0 Å². The second-order valence-electron chi connectivity index (χ2n) is 8.33. The zero-order valence-electron chi connectivity index (χ0n) is 21.0. The largest absolute Gasteiger partial charge is 0.494 e. The van der Waals surface area contributed by atoms with Crippen molar-refractivity contribution in [1.82, 2.24) is 14.5 Å². The predicted molar refractivity (Wildman–Crippen MR) is 138 cm³/mol. The second-order valence-corrected chi connectivity index (χ2v) is 10.2. The van der Waals surface area contributed by atoms with E-state index in [1.165, 1.54) is 61.4 Å². The Morgan fingerprint density at radius 3 is 2.16 bits per heavy atom. The van der Waals surface area contributed by atoms with Crippen LogP contribution in [0.3, 0.4) is 0 Å². The van der Waals surface area contributed by atoms with E-state index in [0.717, 1.165) is 6.42 Å². The van der Waals surface area contributed by atoms with E-state index in [0.29, 0.717) is 17.5 Å². The van der Waals surface area contributed by atoms with Crippen LogP contribution in [0.2, 0.25) is 0 Å². The number of pyridine rings is 1. The number of nitrogens with zero attached hydrogens (tertiary/aromatic N) is 3. The van der Waals surface area contributed by atoms with Crippen molar-refractivity contribution in [3.63, 3.8) is 0 Å². The van der Waals surface area contributed by atoms with Crippen LogP contribution in [0, 0.1) is 5.82 Å². The molecule has 0 amide bonds. The van der Waals surface area contributed by atoms with E-state index in [1.807, 2.05) is 6.92 Å². The monoisotopic (exact) mass is 539 g/mol. The van der Waals surface area contributed by atoms with E-state index in [-0.39, 0.29) is 29.4 Å². The van der Waals surface area contributed by atoms with Crippen molar-refractivity contribution in [2.24, 2.45) is 0 Å². The third-order valence-corrected chi connectivity index (χ3v) is 7.62. The first-order chi connectivity index (χ1) is 18.2. The summed E-state index contributed by atoms with van der Waals surface area (Å²) < 4.78 is 52.5. The predicted octanol–water partition coefficient (Wildman–Crippen LogP) is 4.33. The third kappa shape index (κ3) is 4.97. The number of methoxy groups -OCH3 is 2. The molecule has 0 aliphatic heterocycles. The topological polar surface area (TPSA) is 121 Å². The highest BCUT2D eigenvalue weighted by Crippen LogP contribution is 2.38. The van der Waals surface area contributed by atoms with Crippen molar-refractivity contribution >= 4 is 9.84 Å². The Kier molecular flexibility index (Phi) is 7.77. The minimum absolute atomic E-state index is 0.149. The molecule has 0 bridgehead atoms. The molecule has 11 heteroatoms. The highest BCUT2D eigenvalue weighted by atomic mass is 32.2. The van der Waals surface area contributed by atoms with Gasteiger partial charge in [0.15, 0.2) is 5.03 Å². The van der Waals surface area contributed by atoms with Gasteiger partial charge < -0.3 is 14.6 Å². The Balaban J connectivity index is 1.92. The molecule has 0 aliphatic carbocycles. The van der Waals surface area contributed by atoms with Crippen molar-refractivity contribution in [1.29, 1.82) is 0 Å². The van der Waals surface area contributed by atoms with Gasteiger partial charge in [0.2, 0.25) is 20.6 Å². The van der Waals surface area contributed by atoms with Gasteiger partial charge in [-0.15, -0.1) is 0 Å². The fourth-order valence-electron chi connectivity index (χ4n) is 4.02. The average Bonchev–Trinajstić information content (AvgIpc) is 2.91. The van der Waals surface area contributed by atoms with Crippen molar-refractivity contribution in [3.05, 3.63) is 82.8 Å². The standard InChI is InChI=1S/C27H26FN3O6S/c1-4-5-9-22-30-26(32)25(27(33)31(22)24-20(36-2)7-6-8-21(24)37-3)38(34,35)23-15-12-18(16-29-23)17-10-13-19(28)14-11-17/h6-8,10-16,33H,4-5,9H2,1-3H3. The number of ether oxygens (including phenoxy) is 2. The van der Waals surface area contributed by atoms with E-state index in [4.69, 9.17) is 9.47 Å². The molecule has 2 aromatic heterocycles. The lowest BCUT2D eigenvalue weighted by molar-refractivity contribution is 0.374. The van der Waals surface area contributed by atoms with Gasteiger partial charge in [-0.25, -0.2) is 17.8 Å². The molecular formula is C27H26FN3O6S. The smallest absolute Gasteiger partial charge is 0.296 e. The number of aromatic nitrogens is 3. The zero-order chi connectivity index (χ0) is 27.4. The summed E-state index contributed by atoms with van der Waals surface area (Å²) in [5.41, 5.74) is 0.253. The Hall–Kier alpha value is -4.25. The number of sulfone groups is 1. The molecule has 38 heavy (non-hydrogen) atoms. The van der Waals surface area contributed by atoms with Crippen molar-refractivity contribution in [2.75, 3.05) is 14.2 Å². The third-order valence-electron chi connectivity index (χ3n) is 5.94. The van der Waals surface area contributed by atoms with Gasteiger partial charge in [0.05, 0.1) is 14.2 Å². The van der Waals surface area contributed by atoms with E-state index in [9.17, 15) is 22.7 Å². The van der Waals surface area contributed by atoms with Crippen LogP contribution in [-0.2, 0) is 16.3 Å². The molecule has 0 atom stereocenters. The fourth-order valence-corrected chi connectivity index (χ4v) is 5.27. The molecule has 9 nitrogen and oxygen atoms in total. The van der Waals surface area contributed by atoms with E-state index >= 15 is 0 Å². The van der Waals surface area contributed by atoms with Crippen molar-refractivity contribution < 1.29 is 27.4 Å². The molecule has 2 aromatic carbocycles. The van der Waals surface area contributed by atoms with Gasteiger partial charge in [-0.1, -0.05) is 31.5 Å². The van der Waals surface area contributed by atoms with Crippen LogP contribution in [0.15, 0.2) is 75.5 Å². The SMILES string of the molecule is CCCCc1nc(=O)c(S(=O)(=O)c2ccc(-c3ccc(F)cc3)cn2)c(O)n1-c1c(OC)cccc1OC. The fraction of sp³-hybridized carbons (Fsp3) is 0.222. The van der Waals surface area contributed by atoms with E-state index in [2.05, 4.69) is 9.97 Å². The maximum Gasteiger partial charge on any atom is 0.296 e.